The van der Waals surface area contributed by atoms with E-state index in [1.165, 1.54) is 0 Å². The number of hydrogen-bond donors (Lipinski definition) is 1. The summed E-state index contributed by atoms with van der Waals surface area (Å²) in [6.07, 6.45) is 0. The largest absolute Gasteiger partial charge is 0.368 e. The number of piperazine rings is 1. The average Bonchev–Trinajstić information content (AvgIpc) is 2.56. The van der Waals surface area contributed by atoms with E-state index in [0.29, 0.717) is 21.3 Å². The van der Waals surface area contributed by atoms with Crippen molar-refractivity contribution in [2.75, 3.05) is 43.4 Å². The minimum atomic E-state index is -0.242. The van der Waals surface area contributed by atoms with E-state index in [0.717, 1.165) is 37.4 Å². The predicted molar refractivity (Wildman–Crippen MR) is 105 cm³/mol. The second-order valence-electron chi connectivity index (χ2n) is 6.39. The molecule has 0 radical (unpaired) electrons. The molecule has 25 heavy (non-hydrogen) atoms. The average molecular weight is 378 g/mol. The van der Waals surface area contributed by atoms with E-state index in [1.807, 2.05) is 25.1 Å². The van der Waals surface area contributed by atoms with E-state index in [2.05, 4.69) is 22.2 Å². The Balaban J connectivity index is 1.73. The van der Waals surface area contributed by atoms with Gasteiger partial charge in [-0.3, -0.25) is 4.79 Å². The third kappa shape index (κ3) is 4.27. The van der Waals surface area contributed by atoms with E-state index in [4.69, 9.17) is 23.2 Å². The fraction of sp³-hybridized carbons (Fsp3) is 0.316. The Bertz CT molecular complexity index is 786. The normalized spacial score (nSPS) is 15.3. The Hall–Kier alpha value is -1.75. The third-order valence-electron chi connectivity index (χ3n) is 4.42. The summed E-state index contributed by atoms with van der Waals surface area (Å²) in [4.78, 5) is 17.0. The van der Waals surface area contributed by atoms with Crippen molar-refractivity contribution in [1.82, 2.24) is 4.90 Å². The molecule has 6 heteroatoms. The van der Waals surface area contributed by atoms with Crippen molar-refractivity contribution < 1.29 is 4.79 Å². The monoisotopic (exact) mass is 377 g/mol. The number of anilines is 2. The summed E-state index contributed by atoms with van der Waals surface area (Å²) in [6.45, 7) is 5.85. The van der Waals surface area contributed by atoms with Crippen LogP contribution in [-0.4, -0.2) is 44.0 Å². The number of amides is 1. The molecule has 1 N–H and O–H groups in total. The Morgan fingerprint density at radius 3 is 2.36 bits per heavy atom. The molecule has 0 aliphatic carbocycles. The van der Waals surface area contributed by atoms with Crippen molar-refractivity contribution >= 4 is 40.5 Å². The number of carbonyl (C=O) groups excluding carboxylic acids is 1. The van der Waals surface area contributed by atoms with Crippen LogP contribution in [0.3, 0.4) is 0 Å². The first-order valence-corrected chi connectivity index (χ1v) is 9.00. The molecule has 0 aromatic heterocycles. The number of benzene rings is 2. The zero-order valence-electron chi connectivity index (χ0n) is 14.4. The summed E-state index contributed by atoms with van der Waals surface area (Å²) in [5.74, 6) is -0.242. The van der Waals surface area contributed by atoms with Crippen LogP contribution in [0.2, 0.25) is 10.0 Å². The van der Waals surface area contributed by atoms with E-state index >= 15 is 0 Å². The first-order valence-electron chi connectivity index (χ1n) is 8.24. The van der Waals surface area contributed by atoms with Crippen LogP contribution in [0.1, 0.15) is 15.9 Å². The summed E-state index contributed by atoms with van der Waals surface area (Å²) in [6, 6.07) is 11.0. The Kier molecular flexibility index (Phi) is 5.52. The molecule has 0 spiro atoms. The molecule has 1 fully saturated rings. The molecule has 0 saturated carbocycles. The van der Waals surface area contributed by atoms with Crippen molar-refractivity contribution in [3.05, 3.63) is 57.6 Å². The highest BCUT2D eigenvalue weighted by atomic mass is 35.5. The summed E-state index contributed by atoms with van der Waals surface area (Å²) in [5, 5.41) is 3.94. The quantitative estimate of drug-likeness (QED) is 0.865. The lowest BCUT2D eigenvalue weighted by Crippen LogP contribution is -2.44. The van der Waals surface area contributed by atoms with Crippen LogP contribution in [-0.2, 0) is 0 Å². The minimum Gasteiger partial charge on any atom is -0.368 e. The molecule has 4 nitrogen and oxygen atoms in total. The number of carbonyl (C=O) groups is 1. The standard InChI is InChI=1S/C19H21Cl2N3O/c1-13-3-5-15(16(20)11-13)19(25)22-14-4-6-18(17(21)12-14)24-9-7-23(2)8-10-24/h3-6,11-12H,7-10H2,1-2H3,(H,22,25). The van der Waals surface area contributed by atoms with Gasteiger partial charge in [-0.1, -0.05) is 29.3 Å². The van der Waals surface area contributed by atoms with Crippen molar-refractivity contribution in [3.8, 4) is 0 Å². The van der Waals surface area contributed by atoms with Gasteiger partial charge in [-0.2, -0.15) is 0 Å². The van der Waals surface area contributed by atoms with Gasteiger partial charge in [-0.15, -0.1) is 0 Å². The summed E-state index contributed by atoms with van der Waals surface area (Å²) in [7, 11) is 2.12. The fourth-order valence-electron chi connectivity index (χ4n) is 2.89. The van der Waals surface area contributed by atoms with Gasteiger partial charge in [0.25, 0.3) is 5.91 Å². The van der Waals surface area contributed by atoms with Crippen LogP contribution < -0.4 is 10.2 Å². The maximum Gasteiger partial charge on any atom is 0.257 e. The fourth-order valence-corrected chi connectivity index (χ4v) is 3.51. The Morgan fingerprint density at radius 2 is 1.72 bits per heavy atom. The topological polar surface area (TPSA) is 35.6 Å². The number of aryl methyl sites for hydroxylation is 1. The lowest BCUT2D eigenvalue weighted by atomic mass is 10.1. The number of likely N-dealkylation sites (N-methyl/N-ethyl adjacent to an activating group) is 1. The second kappa shape index (κ2) is 7.65. The number of nitrogens with one attached hydrogen (secondary N) is 1. The lowest BCUT2D eigenvalue weighted by molar-refractivity contribution is 0.102. The molecule has 2 aromatic rings. The van der Waals surface area contributed by atoms with Gasteiger partial charge in [0.1, 0.15) is 0 Å². The highest BCUT2D eigenvalue weighted by Crippen LogP contribution is 2.30. The van der Waals surface area contributed by atoms with Crippen molar-refractivity contribution in [2.45, 2.75) is 6.92 Å². The SMILES string of the molecule is Cc1ccc(C(=O)Nc2ccc(N3CCN(C)CC3)c(Cl)c2)c(Cl)c1. The summed E-state index contributed by atoms with van der Waals surface area (Å²) in [5.41, 5.74) is 3.12. The smallest absolute Gasteiger partial charge is 0.257 e. The maximum atomic E-state index is 12.4. The number of nitrogens with zero attached hydrogens (tertiary/aromatic N) is 2. The van der Waals surface area contributed by atoms with E-state index in [-0.39, 0.29) is 5.91 Å². The Morgan fingerprint density at radius 1 is 1.00 bits per heavy atom. The number of halogens is 2. The minimum absolute atomic E-state index is 0.242. The van der Waals surface area contributed by atoms with Gasteiger partial charge in [0.2, 0.25) is 0 Å². The summed E-state index contributed by atoms with van der Waals surface area (Å²) >= 11 is 12.6. The zero-order chi connectivity index (χ0) is 18.0. The molecule has 2 aromatic carbocycles. The van der Waals surface area contributed by atoms with Gasteiger partial charge in [0.05, 0.1) is 21.3 Å². The lowest BCUT2D eigenvalue weighted by Gasteiger charge is -2.34. The number of rotatable bonds is 3. The maximum absolute atomic E-state index is 12.4. The molecule has 3 rings (SSSR count). The highest BCUT2D eigenvalue weighted by Gasteiger charge is 2.17. The van der Waals surface area contributed by atoms with Crippen molar-refractivity contribution in [3.63, 3.8) is 0 Å². The van der Waals surface area contributed by atoms with Gasteiger partial charge in [-0.25, -0.2) is 0 Å². The van der Waals surface area contributed by atoms with Gasteiger partial charge in [0.15, 0.2) is 0 Å². The first-order chi connectivity index (χ1) is 11.9. The molecule has 132 valence electrons. The van der Waals surface area contributed by atoms with Crippen molar-refractivity contribution in [1.29, 1.82) is 0 Å². The Labute approximate surface area is 158 Å². The molecule has 1 aliphatic rings. The molecular formula is C19H21Cl2N3O. The van der Waals surface area contributed by atoms with Crippen LogP contribution in [0.15, 0.2) is 36.4 Å². The van der Waals surface area contributed by atoms with Crippen LogP contribution in [0, 0.1) is 6.92 Å². The van der Waals surface area contributed by atoms with E-state index in [1.54, 1.807) is 18.2 Å². The molecule has 1 aliphatic heterocycles. The molecule has 1 saturated heterocycles. The van der Waals surface area contributed by atoms with E-state index < -0.39 is 0 Å². The van der Waals surface area contributed by atoms with E-state index in [9.17, 15) is 4.79 Å². The van der Waals surface area contributed by atoms with Crippen LogP contribution in [0.25, 0.3) is 0 Å². The third-order valence-corrected chi connectivity index (χ3v) is 5.03. The highest BCUT2D eigenvalue weighted by molar-refractivity contribution is 6.35. The molecule has 0 bridgehead atoms. The van der Waals surface area contributed by atoms with Gasteiger partial charge < -0.3 is 15.1 Å². The molecule has 0 unspecified atom stereocenters. The van der Waals surface area contributed by atoms with Crippen LogP contribution in [0.4, 0.5) is 11.4 Å². The van der Waals surface area contributed by atoms with Crippen LogP contribution >= 0.6 is 23.2 Å². The molecule has 1 heterocycles. The zero-order valence-corrected chi connectivity index (χ0v) is 15.9. The molecule has 0 atom stereocenters. The predicted octanol–water partition coefficient (Wildman–Crippen LogP) is 4.31. The van der Waals surface area contributed by atoms with Gasteiger partial charge in [0, 0.05) is 31.9 Å². The van der Waals surface area contributed by atoms with Gasteiger partial charge in [-0.05, 0) is 49.9 Å². The summed E-state index contributed by atoms with van der Waals surface area (Å²) < 4.78 is 0. The van der Waals surface area contributed by atoms with Crippen LogP contribution in [0.5, 0.6) is 0 Å². The molecular weight excluding hydrogens is 357 g/mol. The second-order valence-corrected chi connectivity index (χ2v) is 7.21. The van der Waals surface area contributed by atoms with Gasteiger partial charge >= 0.3 is 0 Å². The molecule has 1 amide bonds. The van der Waals surface area contributed by atoms with Crippen molar-refractivity contribution in [2.24, 2.45) is 0 Å². The number of hydrogen-bond acceptors (Lipinski definition) is 3. The first kappa shape index (κ1) is 18.1.